The first-order valence-electron chi connectivity index (χ1n) is 6.23. The summed E-state index contributed by atoms with van der Waals surface area (Å²) in [5, 5.41) is 3.03. The molecular formula is C14H15FN4O2. The van der Waals surface area contributed by atoms with Crippen LogP contribution in [0.25, 0.3) is 0 Å². The second-order valence-corrected chi connectivity index (χ2v) is 4.41. The van der Waals surface area contributed by atoms with Crippen molar-refractivity contribution in [1.29, 1.82) is 0 Å². The summed E-state index contributed by atoms with van der Waals surface area (Å²) in [7, 11) is 1.41. The highest BCUT2D eigenvalue weighted by molar-refractivity contribution is 5.90. The molecule has 0 bridgehead atoms. The van der Waals surface area contributed by atoms with Crippen molar-refractivity contribution in [3.63, 3.8) is 0 Å². The number of carbonyl (C=O) groups is 1. The fourth-order valence-electron chi connectivity index (χ4n) is 1.81. The molecule has 1 unspecified atom stereocenters. The number of nitrogens with zero attached hydrogens (tertiary/aromatic N) is 2. The number of ether oxygens (including phenoxy) is 1. The van der Waals surface area contributed by atoms with E-state index in [1.807, 2.05) is 6.92 Å². The van der Waals surface area contributed by atoms with Crippen molar-refractivity contribution in [2.24, 2.45) is 5.73 Å². The smallest absolute Gasteiger partial charge is 0.268 e. The number of rotatable bonds is 5. The van der Waals surface area contributed by atoms with Gasteiger partial charge < -0.3 is 15.8 Å². The second-order valence-electron chi connectivity index (χ2n) is 4.41. The minimum absolute atomic E-state index is 0.0631. The lowest BCUT2D eigenvalue weighted by atomic mass is 10.1. The number of primary amides is 1. The minimum atomic E-state index is -0.658. The molecular weight excluding hydrogens is 275 g/mol. The van der Waals surface area contributed by atoms with E-state index in [2.05, 4.69) is 15.3 Å². The molecule has 0 aliphatic heterocycles. The first-order chi connectivity index (χ1) is 10.0. The lowest BCUT2D eigenvalue weighted by molar-refractivity contribution is 0.0995. The summed E-state index contributed by atoms with van der Waals surface area (Å²) in [5.41, 5.74) is 5.91. The summed E-state index contributed by atoms with van der Waals surface area (Å²) in [6.45, 7) is 1.83. The number of anilines is 1. The van der Waals surface area contributed by atoms with E-state index in [4.69, 9.17) is 10.5 Å². The molecule has 110 valence electrons. The summed E-state index contributed by atoms with van der Waals surface area (Å²) in [6, 6.07) is 4.43. The Morgan fingerprint density at radius 1 is 1.43 bits per heavy atom. The lowest BCUT2D eigenvalue weighted by Crippen LogP contribution is -2.15. The average Bonchev–Trinajstić information content (AvgIpc) is 2.47. The zero-order chi connectivity index (χ0) is 15.4. The topological polar surface area (TPSA) is 90.1 Å². The van der Waals surface area contributed by atoms with Gasteiger partial charge in [-0.3, -0.25) is 9.78 Å². The predicted molar refractivity (Wildman–Crippen MR) is 75.5 cm³/mol. The highest BCUT2D eigenvalue weighted by atomic mass is 19.1. The molecule has 0 fully saturated rings. The third-order valence-electron chi connectivity index (χ3n) is 2.93. The zero-order valence-corrected chi connectivity index (χ0v) is 11.6. The molecule has 1 aromatic carbocycles. The van der Waals surface area contributed by atoms with Crippen LogP contribution in [-0.2, 0) is 0 Å². The van der Waals surface area contributed by atoms with Crippen LogP contribution >= 0.6 is 0 Å². The van der Waals surface area contributed by atoms with E-state index in [-0.39, 0.29) is 17.5 Å². The molecule has 1 atom stereocenters. The van der Waals surface area contributed by atoms with Crippen molar-refractivity contribution < 1.29 is 13.9 Å². The van der Waals surface area contributed by atoms with Gasteiger partial charge >= 0.3 is 0 Å². The summed E-state index contributed by atoms with van der Waals surface area (Å²) >= 11 is 0. The van der Waals surface area contributed by atoms with Crippen molar-refractivity contribution in [2.75, 3.05) is 12.4 Å². The van der Waals surface area contributed by atoms with Gasteiger partial charge in [0.25, 0.3) is 5.91 Å². The van der Waals surface area contributed by atoms with E-state index in [1.54, 1.807) is 12.1 Å². The lowest BCUT2D eigenvalue weighted by Gasteiger charge is -2.15. The molecule has 7 heteroatoms. The molecule has 21 heavy (non-hydrogen) atoms. The number of hydrogen-bond donors (Lipinski definition) is 2. The van der Waals surface area contributed by atoms with Gasteiger partial charge in [-0.15, -0.1) is 0 Å². The quantitative estimate of drug-likeness (QED) is 0.877. The van der Waals surface area contributed by atoms with Gasteiger partial charge in [0.2, 0.25) is 0 Å². The van der Waals surface area contributed by atoms with Gasteiger partial charge in [-0.25, -0.2) is 9.37 Å². The number of halogens is 1. The van der Waals surface area contributed by atoms with Crippen LogP contribution in [0.3, 0.4) is 0 Å². The first kappa shape index (κ1) is 14.7. The zero-order valence-electron chi connectivity index (χ0n) is 11.6. The van der Waals surface area contributed by atoms with Gasteiger partial charge in [0.1, 0.15) is 11.5 Å². The van der Waals surface area contributed by atoms with Gasteiger partial charge in [-0.1, -0.05) is 6.07 Å². The van der Waals surface area contributed by atoms with E-state index in [1.165, 1.54) is 25.6 Å². The van der Waals surface area contributed by atoms with Gasteiger partial charge in [0.15, 0.2) is 11.6 Å². The van der Waals surface area contributed by atoms with Crippen LogP contribution in [0.15, 0.2) is 30.6 Å². The Balaban J connectivity index is 2.17. The second kappa shape index (κ2) is 6.17. The maximum Gasteiger partial charge on any atom is 0.268 e. The van der Waals surface area contributed by atoms with Crippen molar-refractivity contribution in [2.45, 2.75) is 13.0 Å². The van der Waals surface area contributed by atoms with Crippen molar-refractivity contribution in [1.82, 2.24) is 9.97 Å². The summed E-state index contributed by atoms with van der Waals surface area (Å²) < 4.78 is 18.5. The molecule has 0 radical (unpaired) electrons. The number of carbonyl (C=O) groups excluding carboxylic acids is 1. The summed E-state index contributed by atoms with van der Waals surface area (Å²) in [6.07, 6.45) is 2.74. The van der Waals surface area contributed by atoms with Crippen LogP contribution in [0.1, 0.15) is 29.0 Å². The minimum Gasteiger partial charge on any atom is -0.494 e. The first-order valence-corrected chi connectivity index (χ1v) is 6.23. The Labute approximate surface area is 121 Å². The van der Waals surface area contributed by atoms with E-state index < -0.39 is 11.7 Å². The molecule has 3 N–H and O–H groups in total. The van der Waals surface area contributed by atoms with Crippen molar-refractivity contribution >= 4 is 11.7 Å². The number of hydrogen-bond acceptors (Lipinski definition) is 5. The Morgan fingerprint density at radius 3 is 2.81 bits per heavy atom. The Morgan fingerprint density at radius 2 is 2.19 bits per heavy atom. The molecule has 2 rings (SSSR count). The molecule has 0 spiro atoms. The van der Waals surface area contributed by atoms with Crippen LogP contribution in [0.4, 0.5) is 10.2 Å². The van der Waals surface area contributed by atoms with Gasteiger partial charge in [-0.2, -0.15) is 0 Å². The van der Waals surface area contributed by atoms with Gasteiger partial charge in [0.05, 0.1) is 25.5 Å². The molecule has 1 aromatic heterocycles. The molecule has 1 heterocycles. The number of benzene rings is 1. The molecule has 0 aliphatic rings. The van der Waals surface area contributed by atoms with Crippen molar-refractivity contribution in [3.8, 4) is 5.75 Å². The van der Waals surface area contributed by atoms with Crippen LogP contribution in [0.2, 0.25) is 0 Å². The predicted octanol–water partition coefficient (Wildman–Crippen LogP) is 1.90. The fraction of sp³-hybridized carbons (Fsp3) is 0.214. The molecule has 1 amide bonds. The van der Waals surface area contributed by atoms with E-state index in [0.29, 0.717) is 11.4 Å². The maximum absolute atomic E-state index is 13.7. The maximum atomic E-state index is 13.7. The van der Waals surface area contributed by atoms with Crippen LogP contribution < -0.4 is 15.8 Å². The Bertz CT molecular complexity index is 663. The molecule has 0 saturated carbocycles. The van der Waals surface area contributed by atoms with Crippen LogP contribution in [-0.4, -0.2) is 23.0 Å². The highest BCUT2D eigenvalue weighted by Gasteiger charge is 2.11. The average molecular weight is 290 g/mol. The van der Waals surface area contributed by atoms with E-state index >= 15 is 0 Å². The van der Waals surface area contributed by atoms with Crippen LogP contribution in [0, 0.1) is 5.82 Å². The van der Waals surface area contributed by atoms with E-state index in [9.17, 15) is 9.18 Å². The molecule has 0 aliphatic carbocycles. The largest absolute Gasteiger partial charge is 0.494 e. The van der Waals surface area contributed by atoms with Gasteiger partial charge in [0, 0.05) is 0 Å². The third-order valence-corrected chi connectivity index (χ3v) is 2.93. The van der Waals surface area contributed by atoms with Crippen LogP contribution in [0.5, 0.6) is 5.75 Å². The highest BCUT2D eigenvalue weighted by Crippen LogP contribution is 2.23. The number of amides is 1. The third kappa shape index (κ3) is 3.44. The fourth-order valence-corrected chi connectivity index (χ4v) is 1.81. The SMILES string of the molecule is COc1ccc(C(C)Nc2cncc(C(N)=O)n2)cc1F. The Hall–Kier alpha value is -2.70. The number of methoxy groups -OCH3 is 1. The number of nitrogens with one attached hydrogen (secondary N) is 1. The van der Waals surface area contributed by atoms with E-state index in [0.717, 1.165) is 0 Å². The van der Waals surface area contributed by atoms with Crippen molar-refractivity contribution in [3.05, 3.63) is 47.7 Å². The monoisotopic (exact) mass is 290 g/mol. The molecule has 2 aromatic rings. The standard InChI is InChI=1S/C14H15FN4O2/c1-8(9-3-4-12(21-2)10(15)5-9)18-13-7-17-6-11(19-13)14(16)20/h3-8H,1-2H3,(H2,16,20)(H,18,19). The van der Waals surface area contributed by atoms with Gasteiger partial charge in [-0.05, 0) is 24.6 Å². The molecule has 0 saturated heterocycles. The number of aromatic nitrogens is 2. The number of nitrogens with two attached hydrogens (primary N) is 1. The summed E-state index contributed by atoms with van der Waals surface area (Å²) in [5.74, 6) is -0.536. The Kier molecular flexibility index (Phi) is 4.32. The summed E-state index contributed by atoms with van der Waals surface area (Å²) in [4.78, 5) is 19.0. The molecule has 6 nitrogen and oxygen atoms in total. The normalized spacial score (nSPS) is 11.8.